The van der Waals surface area contributed by atoms with Gasteiger partial charge in [0, 0.05) is 19.0 Å². The van der Waals surface area contributed by atoms with E-state index in [1.807, 2.05) is 27.7 Å². The monoisotopic (exact) mass is 281 g/mol. The fourth-order valence-electron chi connectivity index (χ4n) is 1.72. The molecule has 6 nitrogen and oxygen atoms in total. The molecule has 0 unspecified atom stereocenters. The first kappa shape index (κ1) is 17.2. The number of hydrogen-bond acceptors (Lipinski definition) is 4. The predicted molar refractivity (Wildman–Crippen MR) is 69.7 cm³/mol. The van der Waals surface area contributed by atoms with E-state index in [0.29, 0.717) is 13.0 Å². The second kappa shape index (κ2) is 6.38. The molecule has 18 heavy (non-hydrogen) atoms. The Kier molecular flexibility index (Phi) is 6.09. The van der Waals surface area contributed by atoms with Gasteiger partial charge in [0.25, 0.3) is 10.0 Å². The van der Waals surface area contributed by atoms with Crippen molar-refractivity contribution in [2.45, 2.75) is 45.7 Å². The van der Waals surface area contributed by atoms with Crippen molar-refractivity contribution in [3.8, 4) is 0 Å². The third-order valence-electron chi connectivity index (χ3n) is 2.56. The second-order valence-electron chi connectivity index (χ2n) is 5.44. The zero-order valence-corrected chi connectivity index (χ0v) is 12.9. The number of hydrogen-bond donors (Lipinski definition) is 1. The lowest BCUT2D eigenvalue weighted by atomic mass is 10.0. The van der Waals surface area contributed by atoms with Crippen LogP contribution in [0.5, 0.6) is 0 Å². The lowest BCUT2D eigenvalue weighted by Crippen LogP contribution is -2.97. The Hall–Kier alpha value is -0.820. The number of carbonyl (C=O) groups is 1. The van der Waals surface area contributed by atoms with E-state index in [9.17, 15) is 13.2 Å². The summed E-state index contributed by atoms with van der Waals surface area (Å²) in [5, 5.41) is 0. The predicted octanol–water partition coefficient (Wildman–Crippen LogP) is 0.155. The van der Waals surface area contributed by atoms with Crippen molar-refractivity contribution in [3.63, 3.8) is 0 Å². The van der Waals surface area contributed by atoms with Crippen molar-refractivity contribution in [3.05, 3.63) is 0 Å². The van der Waals surface area contributed by atoms with Crippen LogP contribution in [0.3, 0.4) is 0 Å². The summed E-state index contributed by atoms with van der Waals surface area (Å²) < 4.78 is 28.5. The molecule has 0 heterocycles. The van der Waals surface area contributed by atoms with E-state index in [-0.39, 0.29) is 12.1 Å². The van der Waals surface area contributed by atoms with Crippen LogP contribution in [-0.4, -0.2) is 50.9 Å². The van der Waals surface area contributed by atoms with Gasteiger partial charge < -0.3 is 9.64 Å². The Morgan fingerprint density at radius 3 is 2.22 bits per heavy atom. The summed E-state index contributed by atoms with van der Waals surface area (Å²) in [6.45, 7) is 7.92. The summed E-state index contributed by atoms with van der Waals surface area (Å²) in [5.41, 5.74) is -0.477. The highest BCUT2D eigenvalue weighted by Crippen LogP contribution is 2.08. The lowest BCUT2D eigenvalue weighted by molar-refractivity contribution is -0.579. The molecule has 0 aliphatic rings. The van der Waals surface area contributed by atoms with Gasteiger partial charge >= 0.3 is 6.09 Å². The van der Waals surface area contributed by atoms with Crippen molar-refractivity contribution in [2.24, 2.45) is 0 Å². The Morgan fingerprint density at radius 1 is 1.39 bits per heavy atom. The van der Waals surface area contributed by atoms with Crippen LogP contribution in [0.15, 0.2) is 0 Å². The highest BCUT2D eigenvalue weighted by Gasteiger charge is 2.29. The quantitative estimate of drug-likeness (QED) is 0.752. The summed E-state index contributed by atoms with van der Waals surface area (Å²) in [6.07, 6.45) is 1.35. The van der Waals surface area contributed by atoms with Crippen LogP contribution < -0.4 is 4.72 Å². The van der Waals surface area contributed by atoms with Crippen molar-refractivity contribution in [2.75, 3.05) is 19.9 Å². The van der Waals surface area contributed by atoms with Gasteiger partial charge in [-0.3, -0.25) is 0 Å². The fraction of sp³-hybridized carbons (Fsp3) is 0.909. The Balaban J connectivity index is 4.57. The number of quaternary nitrogens is 1. The molecule has 0 radical (unpaired) electrons. The molecule has 0 saturated carbocycles. The molecule has 1 amide bonds. The zero-order chi connectivity index (χ0) is 14.6. The normalized spacial score (nSPS) is 12.6. The van der Waals surface area contributed by atoms with E-state index in [1.54, 1.807) is 4.90 Å². The minimum Gasteiger partial charge on any atom is -0.453 e. The molecule has 0 aliphatic carbocycles. The first-order valence-electron chi connectivity index (χ1n) is 5.89. The summed E-state index contributed by atoms with van der Waals surface area (Å²) in [6, 6.07) is 0.0199. The zero-order valence-electron chi connectivity index (χ0n) is 12.1. The standard InChI is InChI=1S/C11H24N2O4S/c1-9(2)13(10(14)17-5)8-7-11(3,4)12-18(6,15)16/h9,12H,7-8H2,1-6H3/p+1. The molecular formula is C11H25N2O4S+. The van der Waals surface area contributed by atoms with Gasteiger partial charge in [-0.05, 0) is 27.7 Å². The van der Waals surface area contributed by atoms with Crippen molar-refractivity contribution < 1.29 is 22.7 Å². The van der Waals surface area contributed by atoms with Crippen molar-refractivity contribution in [1.29, 1.82) is 0 Å². The van der Waals surface area contributed by atoms with E-state index >= 15 is 0 Å². The van der Waals surface area contributed by atoms with Gasteiger partial charge in [0.2, 0.25) is 0 Å². The average molecular weight is 281 g/mol. The van der Waals surface area contributed by atoms with Gasteiger partial charge in [-0.25, -0.2) is 9.52 Å². The van der Waals surface area contributed by atoms with Crippen LogP contribution in [0.2, 0.25) is 0 Å². The van der Waals surface area contributed by atoms with Crippen LogP contribution in [0, 0.1) is 0 Å². The van der Waals surface area contributed by atoms with Crippen LogP contribution in [0.25, 0.3) is 0 Å². The van der Waals surface area contributed by atoms with Crippen LogP contribution >= 0.6 is 0 Å². The van der Waals surface area contributed by atoms with Gasteiger partial charge in [-0.2, -0.15) is 8.42 Å². The molecule has 0 aromatic rings. The first-order valence-corrected chi connectivity index (χ1v) is 7.84. The highest BCUT2D eigenvalue weighted by molar-refractivity contribution is 7.84. The third kappa shape index (κ3) is 6.80. The molecule has 0 aromatic heterocycles. The molecule has 0 saturated heterocycles. The molecule has 2 N–H and O–H groups in total. The summed E-state index contributed by atoms with van der Waals surface area (Å²) in [4.78, 5) is 13.1. The van der Waals surface area contributed by atoms with Crippen LogP contribution in [0.1, 0.15) is 34.1 Å². The van der Waals surface area contributed by atoms with Gasteiger partial charge in [0.1, 0.15) is 5.54 Å². The molecule has 0 aromatic carbocycles. The maximum atomic E-state index is 11.5. The van der Waals surface area contributed by atoms with Crippen molar-refractivity contribution >= 4 is 16.1 Å². The molecule has 0 spiro atoms. The number of nitrogens with two attached hydrogens (primary N) is 1. The van der Waals surface area contributed by atoms with Gasteiger partial charge in [-0.15, -0.1) is 0 Å². The number of ether oxygens (including phenoxy) is 1. The van der Waals surface area contributed by atoms with E-state index in [4.69, 9.17) is 4.74 Å². The second-order valence-corrected chi connectivity index (χ2v) is 7.34. The Morgan fingerprint density at radius 2 is 1.89 bits per heavy atom. The molecule has 0 aliphatic heterocycles. The van der Waals surface area contributed by atoms with Gasteiger partial charge in [0.05, 0.1) is 13.4 Å². The first-order chi connectivity index (χ1) is 7.98. The maximum absolute atomic E-state index is 11.5. The van der Waals surface area contributed by atoms with Crippen LogP contribution in [-0.2, 0) is 14.8 Å². The number of rotatable bonds is 6. The van der Waals surface area contributed by atoms with Crippen molar-refractivity contribution in [1.82, 2.24) is 4.90 Å². The van der Waals surface area contributed by atoms with Gasteiger partial charge in [0.15, 0.2) is 0 Å². The minimum atomic E-state index is -3.14. The average Bonchev–Trinajstić information content (AvgIpc) is 2.12. The third-order valence-corrected chi connectivity index (χ3v) is 3.63. The molecule has 7 heteroatoms. The minimum absolute atomic E-state index is 0.0199. The Labute approximate surface area is 110 Å². The fourth-order valence-corrected chi connectivity index (χ4v) is 3.00. The largest absolute Gasteiger partial charge is 0.453 e. The number of carbonyl (C=O) groups excluding carboxylic acids is 1. The van der Waals surface area contributed by atoms with E-state index < -0.39 is 15.6 Å². The summed E-state index contributed by atoms with van der Waals surface area (Å²) in [7, 11) is -1.80. The van der Waals surface area contributed by atoms with E-state index in [2.05, 4.69) is 0 Å². The molecule has 0 fully saturated rings. The molecule has 108 valence electrons. The maximum Gasteiger partial charge on any atom is 0.409 e. The SMILES string of the molecule is COC(=O)N(CCC(C)(C)[NH2+]S(C)(=O)=O)C(C)C. The Bertz CT molecular complexity index is 377. The van der Waals surface area contributed by atoms with Crippen LogP contribution in [0.4, 0.5) is 4.79 Å². The molecule has 0 rings (SSSR count). The molecular weight excluding hydrogens is 256 g/mol. The van der Waals surface area contributed by atoms with E-state index in [1.165, 1.54) is 18.1 Å². The summed E-state index contributed by atoms with van der Waals surface area (Å²) in [5.74, 6) is 0. The number of sulfonamides is 1. The topological polar surface area (TPSA) is 80.3 Å². The number of methoxy groups -OCH3 is 1. The number of amides is 1. The number of primary sulfonamides is 1. The molecule has 0 bridgehead atoms. The molecule has 0 atom stereocenters. The van der Waals surface area contributed by atoms with E-state index in [0.717, 1.165) is 0 Å². The number of nitrogens with zero attached hydrogens (tertiary/aromatic N) is 1. The summed E-state index contributed by atoms with van der Waals surface area (Å²) >= 11 is 0. The highest BCUT2D eigenvalue weighted by atomic mass is 32.2. The lowest BCUT2D eigenvalue weighted by Gasteiger charge is -2.29. The smallest absolute Gasteiger partial charge is 0.409 e. The van der Waals surface area contributed by atoms with Gasteiger partial charge in [-0.1, -0.05) is 0 Å².